The molecule has 0 aliphatic carbocycles. The van der Waals surface area contributed by atoms with Gasteiger partial charge in [0.05, 0.1) is 10.9 Å². The molecule has 0 unspecified atom stereocenters. The van der Waals surface area contributed by atoms with Crippen LogP contribution < -0.4 is 0 Å². The predicted octanol–water partition coefficient (Wildman–Crippen LogP) is 2.74. The third-order valence-electron chi connectivity index (χ3n) is 1.68. The molecule has 0 saturated heterocycles. The second-order valence-electron chi connectivity index (χ2n) is 2.62. The molecule has 0 atom stereocenters. The molecule has 1 N–H and O–H groups in total. The lowest BCUT2D eigenvalue weighted by atomic mass is 10.3. The molecular formula is C7H3BrF3N3. The summed E-state index contributed by atoms with van der Waals surface area (Å²) in [4.78, 5) is 3.30. The third kappa shape index (κ3) is 1.47. The van der Waals surface area contributed by atoms with Gasteiger partial charge in [-0.2, -0.15) is 18.3 Å². The molecule has 2 heterocycles. The fraction of sp³-hybridized carbons (Fsp3) is 0.143. The van der Waals surface area contributed by atoms with Crippen LogP contribution in [-0.4, -0.2) is 15.2 Å². The molecule has 3 nitrogen and oxygen atoms in total. The van der Waals surface area contributed by atoms with E-state index in [9.17, 15) is 13.2 Å². The van der Waals surface area contributed by atoms with Gasteiger partial charge in [-0.25, -0.2) is 0 Å². The number of aromatic nitrogens is 3. The number of aromatic amines is 1. The average molecular weight is 266 g/mol. The molecule has 0 aliphatic rings. The number of fused-ring (bicyclic) bond motifs is 1. The summed E-state index contributed by atoms with van der Waals surface area (Å²) in [5.41, 5.74) is -0.705. The van der Waals surface area contributed by atoms with Crippen molar-refractivity contribution in [3.8, 4) is 0 Å². The predicted molar refractivity (Wildman–Crippen MR) is 46.6 cm³/mol. The van der Waals surface area contributed by atoms with E-state index >= 15 is 0 Å². The second kappa shape index (κ2) is 2.94. The Bertz CT molecular complexity index is 476. The van der Waals surface area contributed by atoms with Gasteiger partial charge in [0, 0.05) is 6.20 Å². The van der Waals surface area contributed by atoms with Gasteiger partial charge in [0.25, 0.3) is 0 Å². The van der Waals surface area contributed by atoms with Gasteiger partial charge in [-0.15, -0.1) is 0 Å². The summed E-state index contributed by atoms with van der Waals surface area (Å²) in [6, 6.07) is 0.899. The van der Waals surface area contributed by atoms with E-state index in [1.807, 2.05) is 0 Å². The molecule has 74 valence electrons. The van der Waals surface area contributed by atoms with Crippen LogP contribution in [0.15, 0.2) is 16.9 Å². The van der Waals surface area contributed by atoms with Crippen LogP contribution in [-0.2, 0) is 6.18 Å². The highest BCUT2D eigenvalue weighted by atomic mass is 79.9. The zero-order valence-electron chi connectivity index (χ0n) is 6.56. The Balaban J connectivity index is 2.63. The highest BCUT2D eigenvalue weighted by Crippen LogP contribution is 2.30. The number of hydrogen-bond acceptors (Lipinski definition) is 2. The molecule has 0 spiro atoms. The van der Waals surface area contributed by atoms with E-state index in [2.05, 4.69) is 31.1 Å². The van der Waals surface area contributed by atoms with Crippen molar-refractivity contribution in [3.63, 3.8) is 0 Å². The molecule has 0 saturated carbocycles. The van der Waals surface area contributed by atoms with Crippen molar-refractivity contribution >= 4 is 26.8 Å². The highest BCUT2D eigenvalue weighted by Gasteiger charge is 2.32. The van der Waals surface area contributed by atoms with Crippen LogP contribution in [0.4, 0.5) is 13.2 Å². The normalized spacial score (nSPS) is 12.3. The molecular weight excluding hydrogens is 263 g/mol. The fourth-order valence-corrected chi connectivity index (χ4v) is 1.43. The lowest BCUT2D eigenvalue weighted by Gasteiger charge is -2.03. The van der Waals surface area contributed by atoms with Crippen molar-refractivity contribution in [2.75, 3.05) is 0 Å². The Kier molecular flexibility index (Phi) is 1.99. The topological polar surface area (TPSA) is 41.6 Å². The van der Waals surface area contributed by atoms with Crippen LogP contribution in [0.3, 0.4) is 0 Å². The van der Waals surface area contributed by atoms with Gasteiger partial charge in [-0.3, -0.25) is 10.1 Å². The number of nitrogens with one attached hydrogen (secondary N) is 1. The Hall–Kier alpha value is -1.11. The maximum absolute atomic E-state index is 12.2. The summed E-state index contributed by atoms with van der Waals surface area (Å²) in [7, 11) is 0. The molecule has 2 rings (SSSR count). The fourth-order valence-electron chi connectivity index (χ4n) is 1.03. The summed E-state index contributed by atoms with van der Waals surface area (Å²) in [6.07, 6.45) is -3.30. The first-order valence-corrected chi connectivity index (χ1v) is 4.34. The molecule has 7 heteroatoms. The lowest BCUT2D eigenvalue weighted by molar-refractivity contribution is -0.141. The number of H-pyrrole nitrogens is 1. The van der Waals surface area contributed by atoms with Gasteiger partial charge in [-0.05, 0) is 22.0 Å². The van der Waals surface area contributed by atoms with Gasteiger partial charge in [0.15, 0.2) is 0 Å². The van der Waals surface area contributed by atoms with Crippen LogP contribution in [0.2, 0.25) is 0 Å². The summed E-state index contributed by atoms with van der Waals surface area (Å²) in [6.45, 7) is 0. The zero-order chi connectivity index (χ0) is 10.3. The number of pyridine rings is 1. The largest absolute Gasteiger partial charge is 0.433 e. The van der Waals surface area contributed by atoms with Gasteiger partial charge < -0.3 is 0 Å². The van der Waals surface area contributed by atoms with E-state index in [4.69, 9.17) is 0 Å². The summed E-state index contributed by atoms with van der Waals surface area (Å²) in [5.74, 6) is 0. The van der Waals surface area contributed by atoms with Crippen molar-refractivity contribution in [2.45, 2.75) is 6.18 Å². The Labute approximate surface area is 84.5 Å². The quantitative estimate of drug-likeness (QED) is 0.796. The standard InChI is InChI=1S/C7H3BrF3N3/c8-6-3-2-12-5(7(9,10)11)1-4(3)13-14-6/h1-2H,(H,13,14). The molecule has 0 bridgehead atoms. The molecule has 2 aromatic heterocycles. The number of rotatable bonds is 0. The van der Waals surface area contributed by atoms with Crippen molar-refractivity contribution in [3.05, 3.63) is 22.6 Å². The maximum Gasteiger partial charge on any atom is 0.433 e. The van der Waals surface area contributed by atoms with Crippen LogP contribution >= 0.6 is 15.9 Å². The van der Waals surface area contributed by atoms with Crippen LogP contribution in [0.1, 0.15) is 5.69 Å². The minimum Gasteiger partial charge on any atom is -0.270 e. The number of nitrogens with zero attached hydrogens (tertiary/aromatic N) is 2. The van der Waals surface area contributed by atoms with E-state index in [0.29, 0.717) is 9.99 Å². The van der Waals surface area contributed by atoms with E-state index in [1.54, 1.807) is 0 Å². The molecule has 0 radical (unpaired) electrons. The number of alkyl halides is 3. The van der Waals surface area contributed by atoms with Crippen LogP contribution in [0.25, 0.3) is 10.9 Å². The monoisotopic (exact) mass is 265 g/mol. The van der Waals surface area contributed by atoms with Crippen molar-refractivity contribution < 1.29 is 13.2 Å². The summed E-state index contributed by atoms with van der Waals surface area (Å²) >= 11 is 3.10. The maximum atomic E-state index is 12.2. The lowest BCUT2D eigenvalue weighted by Crippen LogP contribution is -2.07. The summed E-state index contributed by atoms with van der Waals surface area (Å²) < 4.78 is 37.2. The van der Waals surface area contributed by atoms with Gasteiger partial charge in [0.2, 0.25) is 0 Å². The first-order valence-electron chi connectivity index (χ1n) is 3.55. The molecule has 0 amide bonds. The van der Waals surface area contributed by atoms with E-state index in [-0.39, 0.29) is 5.52 Å². The number of hydrogen-bond donors (Lipinski definition) is 1. The van der Waals surface area contributed by atoms with Crippen LogP contribution in [0.5, 0.6) is 0 Å². The SMILES string of the molecule is FC(F)(F)c1cc2n[nH]c(Br)c2cn1. The smallest absolute Gasteiger partial charge is 0.270 e. The van der Waals surface area contributed by atoms with E-state index < -0.39 is 11.9 Å². The van der Waals surface area contributed by atoms with Crippen molar-refractivity contribution in [1.82, 2.24) is 15.2 Å². The third-order valence-corrected chi connectivity index (χ3v) is 2.29. The molecule has 14 heavy (non-hydrogen) atoms. The van der Waals surface area contributed by atoms with Gasteiger partial charge in [0.1, 0.15) is 10.3 Å². The minimum atomic E-state index is -4.43. The molecule has 2 aromatic rings. The second-order valence-corrected chi connectivity index (χ2v) is 3.42. The highest BCUT2D eigenvalue weighted by molar-refractivity contribution is 9.10. The molecule has 0 fully saturated rings. The number of halogens is 4. The Morgan fingerprint density at radius 2 is 2.07 bits per heavy atom. The minimum absolute atomic E-state index is 0.235. The molecule has 0 aromatic carbocycles. The Morgan fingerprint density at radius 3 is 2.71 bits per heavy atom. The first kappa shape index (κ1) is 9.45. The first-order chi connectivity index (χ1) is 6.48. The summed E-state index contributed by atoms with van der Waals surface area (Å²) in [5, 5.41) is 6.72. The van der Waals surface area contributed by atoms with E-state index in [1.165, 1.54) is 0 Å². The van der Waals surface area contributed by atoms with Gasteiger partial charge in [-0.1, -0.05) is 0 Å². The van der Waals surface area contributed by atoms with E-state index in [0.717, 1.165) is 12.3 Å². The van der Waals surface area contributed by atoms with Crippen molar-refractivity contribution in [1.29, 1.82) is 0 Å². The average Bonchev–Trinajstić information content (AvgIpc) is 2.46. The van der Waals surface area contributed by atoms with Crippen molar-refractivity contribution in [2.24, 2.45) is 0 Å². The zero-order valence-corrected chi connectivity index (χ0v) is 8.15. The van der Waals surface area contributed by atoms with Crippen LogP contribution in [0, 0.1) is 0 Å². The molecule has 0 aliphatic heterocycles. The van der Waals surface area contributed by atoms with Gasteiger partial charge >= 0.3 is 6.18 Å². The Morgan fingerprint density at radius 1 is 1.36 bits per heavy atom.